The Balaban J connectivity index is 1.93. The van der Waals surface area contributed by atoms with Crippen molar-refractivity contribution in [1.82, 2.24) is 9.55 Å². The highest BCUT2D eigenvalue weighted by molar-refractivity contribution is 5.81. The molecule has 0 unspecified atom stereocenters. The van der Waals surface area contributed by atoms with Crippen LogP contribution in [0.3, 0.4) is 0 Å². The maximum Gasteiger partial charge on any atom is 0.311 e. The summed E-state index contributed by atoms with van der Waals surface area (Å²) < 4.78 is 7.39. The van der Waals surface area contributed by atoms with E-state index in [4.69, 9.17) is 4.74 Å². The van der Waals surface area contributed by atoms with Crippen molar-refractivity contribution < 1.29 is 9.66 Å². The fourth-order valence-corrected chi connectivity index (χ4v) is 2.58. The molecule has 0 amide bonds. The van der Waals surface area contributed by atoms with Crippen LogP contribution in [-0.2, 0) is 7.05 Å². The van der Waals surface area contributed by atoms with E-state index in [0.717, 1.165) is 28.2 Å². The van der Waals surface area contributed by atoms with Gasteiger partial charge in [0.15, 0.2) is 5.75 Å². The number of imidazole rings is 1. The molecule has 7 nitrogen and oxygen atoms in total. The molecule has 2 aromatic carbocycles. The Kier molecular flexibility index (Phi) is 4.07. The van der Waals surface area contributed by atoms with Gasteiger partial charge < -0.3 is 14.6 Å². The second-order valence-electron chi connectivity index (χ2n) is 5.42. The monoisotopic (exact) mass is 326 g/mol. The van der Waals surface area contributed by atoms with Crippen molar-refractivity contribution in [1.29, 1.82) is 0 Å². The van der Waals surface area contributed by atoms with Crippen LogP contribution in [0.25, 0.3) is 11.0 Å². The Morgan fingerprint density at radius 2 is 1.96 bits per heavy atom. The number of hydrogen-bond donors (Lipinski definition) is 1. The van der Waals surface area contributed by atoms with Crippen LogP contribution in [-0.4, -0.2) is 21.1 Å². The van der Waals surface area contributed by atoms with Gasteiger partial charge >= 0.3 is 5.69 Å². The van der Waals surface area contributed by atoms with E-state index in [1.165, 1.54) is 6.07 Å². The normalized spacial score (nSPS) is 10.8. The molecule has 1 N–H and O–H groups in total. The number of hydrogen-bond acceptors (Lipinski definition) is 5. The average Bonchev–Trinajstić information content (AvgIpc) is 2.82. The van der Waals surface area contributed by atoms with Crippen molar-refractivity contribution >= 4 is 28.1 Å². The van der Waals surface area contributed by atoms with Crippen molar-refractivity contribution in [3.05, 3.63) is 52.3 Å². The largest absolute Gasteiger partial charge is 0.487 e. The summed E-state index contributed by atoms with van der Waals surface area (Å²) in [4.78, 5) is 15.1. The number of aryl methyl sites for hydroxylation is 2. The number of anilines is 2. The first-order valence-corrected chi connectivity index (χ1v) is 7.61. The summed E-state index contributed by atoms with van der Waals surface area (Å²) in [6.07, 6.45) is 0. The predicted molar refractivity (Wildman–Crippen MR) is 93.0 cm³/mol. The zero-order chi connectivity index (χ0) is 17.3. The Hall–Kier alpha value is -3.09. The second kappa shape index (κ2) is 6.19. The highest BCUT2D eigenvalue weighted by Crippen LogP contribution is 2.32. The fraction of sp³-hybridized carbons (Fsp3) is 0.235. The van der Waals surface area contributed by atoms with Gasteiger partial charge in [0.1, 0.15) is 5.82 Å². The van der Waals surface area contributed by atoms with Crippen molar-refractivity contribution in [2.24, 2.45) is 7.05 Å². The molecule has 0 bridgehead atoms. The third-order valence-corrected chi connectivity index (χ3v) is 3.85. The predicted octanol–water partition coefficient (Wildman–Crippen LogP) is 3.93. The van der Waals surface area contributed by atoms with E-state index in [1.54, 1.807) is 19.1 Å². The van der Waals surface area contributed by atoms with Crippen LogP contribution in [0.2, 0.25) is 0 Å². The van der Waals surface area contributed by atoms with Gasteiger partial charge in [-0.2, -0.15) is 0 Å². The summed E-state index contributed by atoms with van der Waals surface area (Å²) in [5, 5.41) is 14.3. The van der Waals surface area contributed by atoms with Crippen LogP contribution in [0.5, 0.6) is 5.75 Å². The molecule has 0 fully saturated rings. The number of rotatable bonds is 5. The molecule has 1 aromatic heterocycles. The molecule has 0 saturated heterocycles. The highest BCUT2D eigenvalue weighted by Gasteiger charge is 2.15. The summed E-state index contributed by atoms with van der Waals surface area (Å²) in [5.74, 6) is 1.19. The molecular weight excluding hydrogens is 308 g/mol. The third-order valence-electron chi connectivity index (χ3n) is 3.85. The summed E-state index contributed by atoms with van der Waals surface area (Å²) in [6, 6.07) is 10.6. The molecule has 3 aromatic rings. The minimum atomic E-state index is -0.447. The molecule has 0 radical (unpaired) electrons. The zero-order valence-electron chi connectivity index (χ0n) is 13.7. The van der Waals surface area contributed by atoms with Gasteiger partial charge in [0, 0.05) is 30.6 Å². The lowest BCUT2D eigenvalue weighted by molar-refractivity contribution is -0.385. The molecule has 0 aliphatic carbocycles. The van der Waals surface area contributed by atoms with Crippen molar-refractivity contribution in [2.45, 2.75) is 13.8 Å². The van der Waals surface area contributed by atoms with Gasteiger partial charge in [0.25, 0.3) is 0 Å². The summed E-state index contributed by atoms with van der Waals surface area (Å²) in [7, 11) is 1.97. The molecule has 0 aliphatic rings. The van der Waals surface area contributed by atoms with Crippen LogP contribution in [0, 0.1) is 17.0 Å². The van der Waals surface area contributed by atoms with E-state index in [9.17, 15) is 10.1 Å². The van der Waals surface area contributed by atoms with Crippen LogP contribution >= 0.6 is 0 Å². The quantitative estimate of drug-likeness (QED) is 0.567. The van der Waals surface area contributed by atoms with E-state index < -0.39 is 4.92 Å². The lowest BCUT2D eigenvalue weighted by Gasteiger charge is -2.09. The second-order valence-corrected chi connectivity index (χ2v) is 5.42. The third kappa shape index (κ3) is 2.88. The maximum absolute atomic E-state index is 11.0. The maximum atomic E-state index is 11.0. The minimum absolute atomic E-state index is 0.0433. The van der Waals surface area contributed by atoms with E-state index in [-0.39, 0.29) is 11.4 Å². The highest BCUT2D eigenvalue weighted by atomic mass is 16.6. The Bertz CT molecular complexity index is 918. The van der Waals surface area contributed by atoms with E-state index in [2.05, 4.69) is 10.3 Å². The van der Waals surface area contributed by atoms with E-state index in [1.807, 2.05) is 36.7 Å². The van der Waals surface area contributed by atoms with Gasteiger partial charge in [-0.3, -0.25) is 10.1 Å². The molecular formula is C17H18N4O3. The van der Waals surface area contributed by atoms with Crippen molar-refractivity contribution in [3.63, 3.8) is 0 Å². The number of fused-ring (bicyclic) bond motifs is 1. The lowest BCUT2D eigenvalue weighted by Crippen LogP contribution is -1.99. The molecule has 0 aliphatic heterocycles. The molecule has 3 rings (SSSR count). The Morgan fingerprint density at radius 1 is 1.25 bits per heavy atom. The standard InChI is InChI=1S/C17H18N4O3/c1-4-24-17-10-13(6-8-16(17)21(22)23)19-12-5-7-15-14(9-12)18-11(2)20(15)3/h5-10,19H,4H2,1-3H3. The molecule has 0 spiro atoms. The molecule has 7 heteroatoms. The zero-order valence-corrected chi connectivity index (χ0v) is 13.7. The number of benzene rings is 2. The molecule has 0 atom stereocenters. The van der Waals surface area contributed by atoms with E-state index >= 15 is 0 Å². The number of ether oxygens (including phenoxy) is 1. The van der Waals surface area contributed by atoms with Crippen LogP contribution in [0.1, 0.15) is 12.7 Å². The molecule has 1 heterocycles. The first-order valence-electron chi connectivity index (χ1n) is 7.61. The number of nitro groups is 1. The van der Waals surface area contributed by atoms with Crippen LogP contribution in [0.4, 0.5) is 17.1 Å². The average molecular weight is 326 g/mol. The van der Waals surface area contributed by atoms with Gasteiger partial charge in [0.2, 0.25) is 0 Å². The molecule has 0 saturated carbocycles. The summed E-state index contributed by atoms with van der Waals surface area (Å²) >= 11 is 0. The fourth-order valence-electron chi connectivity index (χ4n) is 2.58. The van der Waals surface area contributed by atoms with Gasteiger partial charge in [-0.25, -0.2) is 4.98 Å². The topological polar surface area (TPSA) is 82.2 Å². The van der Waals surface area contributed by atoms with Crippen molar-refractivity contribution in [3.8, 4) is 5.75 Å². The number of nitro benzene ring substituents is 1. The summed E-state index contributed by atoms with van der Waals surface area (Å²) in [6.45, 7) is 4.11. The summed E-state index contributed by atoms with van der Waals surface area (Å²) in [5.41, 5.74) is 3.48. The Morgan fingerprint density at radius 3 is 2.67 bits per heavy atom. The van der Waals surface area contributed by atoms with Gasteiger partial charge in [0.05, 0.1) is 22.6 Å². The smallest absolute Gasteiger partial charge is 0.311 e. The number of nitrogens with zero attached hydrogens (tertiary/aromatic N) is 3. The minimum Gasteiger partial charge on any atom is -0.487 e. The molecule has 124 valence electrons. The first-order chi connectivity index (χ1) is 11.5. The van der Waals surface area contributed by atoms with E-state index in [0.29, 0.717) is 6.61 Å². The van der Waals surface area contributed by atoms with Crippen molar-refractivity contribution in [2.75, 3.05) is 11.9 Å². The number of aromatic nitrogens is 2. The van der Waals surface area contributed by atoms with Gasteiger partial charge in [-0.15, -0.1) is 0 Å². The Labute approximate surface area is 139 Å². The van der Waals surface area contributed by atoms with Gasteiger partial charge in [-0.1, -0.05) is 0 Å². The van der Waals surface area contributed by atoms with Crippen LogP contribution < -0.4 is 10.1 Å². The lowest BCUT2D eigenvalue weighted by atomic mass is 10.2. The first kappa shape index (κ1) is 15.8. The van der Waals surface area contributed by atoms with Gasteiger partial charge in [-0.05, 0) is 38.1 Å². The SMILES string of the molecule is CCOc1cc(Nc2ccc3c(c2)nc(C)n3C)ccc1[N+](=O)[O-]. The number of nitrogens with one attached hydrogen (secondary N) is 1. The molecule has 24 heavy (non-hydrogen) atoms. The van der Waals surface area contributed by atoms with Crippen LogP contribution in [0.15, 0.2) is 36.4 Å².